The van der Waals surface area contributed by atoms with Gasteiger partial charge in [-0.2, -0.15) is 4.98 Å². The fraction of sp³-hybridized carbons (Fsp3) is 0.500. The molecule has 0 bridgehead atoms. The maximum absolute atomic E-state index is 12.8. The number of nitrogens with zero attached hydrogens (tertiary/aromatic N) is 3. The first-order valence-electron chi connectivity index (χ1n) is 9.67. The molecular formula is C20H24N4O4. The number of amides is 2. The zero-order chi connectivity index (χ0) is 19.7. The summed E-state index contributed by atoms with van der Waals surface area (Å²) in [6.45, 7) is 3.75. The lowest BCUT2D eigenvalue weighted by atomic mass is 9.96. The second-order valence-corrected chi connectivity index (χ2v) is 7.44. The highest BCUT2D eigenvalue weighted by molar-refractivity contribution is 6.00. The number of hydrogen-bond acceptors (Lipinski definition) is 6. The van der Waals surface area contributed by atoms with Crippen LogP contribution in [0.15, 0.2) is 28.8 Å². The highest BCUT2D eigenvalue weighted by atomic mass is 16.5. The number of rotatable bonds is 5. The van der Waals surface area contributed by atoms with Crippen molar-refractivity contribution in [2.45, 2.75) is 57.6 Å². The lowest BCUT2D eigenvalue weighted by molar-refractivity contribution is -0.126. The van der Waals surface area contributed by atoms with Crippen LogP contribution < -0.4 is 15.0 Å². The Morgan fingerprint density at radius 3 is 2.79 bits per heavy atom. The van der Waals surface area contributed by atoms with Crippen LogP contribution in [0.5, 0.6) is 5.75 Å². The second-order valence-electron chi connectivity index (χ2n) is 7.44. The van der Waals surface area contributed by atoms with Gasteiger partial charge in [-0.3, -0.25) is 9.59 Å². The quantitative estimate of drug-likeness (QED) is 0.850. The van der Waals surface area contributed by atoms with Gasteiger partial charge in [-0.05, 0) is 31.9 Å². The first-order valence-corrected chi connectivity index (χ1v) is 9.67. The van der Waals surface area contributed by atoms with E-state index in [2.05, 4.69) is 15.5 Å². The van der Waals surface area contributed by atoms with Crippen LogP contribution in [0.2, 0.25) is 0 Å². The topological polar surface area (TPSA) is 97.6 Å². The Morgan fingerprint density at radius 1 is 1.32 bits per heavy atom. The van der Waals surface area contributed by atoms with Crippen LogP contribution in [0.25, 0.3) is 0 Å². The third-order valence-electron chi connectivity index (χ3n) is 5.43. The van der Waals surface area contributed by atoms with E-state index in [1.807, 2.05) is 24.3 Å². The second kappa shape index (κ2) is 7.26. The molecule has 1 aromatic heterocycles. The number of aryl methyl sites for hydroxylation is 1. The van der Waals surface area contributed by atoms with Crippen molar-refractivity contribution in [2.24, 2.45) is 0 Å². The number of fused-ring (bicyclic) bond motifs is 1. The van der Waals surface area contributed by atoms with Crippen LogP contribution in [0, 0.1) is 6.92 Å². The Balaban J connectivity index is 1.46. The van der Waals surface area contributed by atoms with Crippen molar-refractivity contribution in [3.8, 4) is 5.75 Å². The maximum atomic E-state index is 12.8. The first-order chi connectivity index (χ1) is 13.5. The van der Waals surface area contributed by atoms with Crippen molar-refractivity contribution in [3.63, 3.8) is 0 Å². The number of aromatic nitrogens is 2. The molecule has 8 nitrogen and oxygen atoms in total. The van der Waals surface area contributed by atoms with Gasteiger partial charge in [-0.25, -0.2) is 0 Å². The fourth-order valence-electron chi connectivity index (χ4n) is 4.01. The molecule has 0 radical (unpaired) electrons. The Labute approximate surface area is 163 Å². The molecule has 1 fully saturated rings. The highest BCUT2D eigenvalue weighted by Gasteiger charge is 2.41. The van der Waals surface area contributed by atoms with Crippen LogP contribution >= 0.6 is 0 Å². The van der Waals surface area contributed by atoms with Crippen LogP contribution in [0.3, 0.4) is 0 Å². The number of nitrogens with one attached hydrogen (secondary N) is 1. The van der Waals surface area contributed by atoms with E-state index in [1.54, 1.807) is 18.7 Å². The van der Waals surface area contributed by atoms with Gasteiger partial charge in [-0.15, -0.1) is 0 Å². The summed E-state index contributed by atoms with van der Waals surface area (Å²) in [5.74, 6) is 1.41. The summed E-state index contributed by atoms with van der Waals surface area (Å²) in [4.78, 5) is 31.3. The SMILES string of the molecule is Cc1nc(C2(NC(=O)CCN3C(=O)C(C)Oc4ccccc43)CCCC2)no1. The maximum Gasteiger partial charge on any atom is 0.267 e. The molecule has 1 atom stereocenters. The standard InChI is InChI=1S/C20H24N4O4/c1-13-18(26)24(15-7-3-4-8-16(15)27-13)12-9-17(25)22-20(10-5-6-11-20)19-21-14(2)28-23-19/h3-4,7-8,13H,5-6,9-12H2,1-2H3,(H,22,25). The van der Waals surface area contributed by atoms with E-state index in [0.29, 0.717) is 23.2 Å². The molecule has 1 N–H and O–H groups in total. The molecule has 28 heavy (non-hydrogen) atoms. The number of anilines is 1. The van der Waals surface area contributed by atoms with Gasteiger partial charge < -0.3 is 19.5 Å². The lowest BCUT2D eigenvalue weighted by Gasteiger charge is -2.33. The van der Waals surface area contributed by atoms with Crippen LogP contribution in [-0.4, -0.2) is 34.6 Å². The van der Waals surface area contributed by atoms with E-state index < -0.39 is 11.6 Å². The molecule has 1 aliphatic heterocycles. The summed E-state index contributed by atoms with van der Waals surface area (Å²) in [5.41, 5.74) is 0.123. The van der Waals surface area contributed by atoms with Crippen molar-refractivity contribution in [3.05, 3.63) is 36.0 Å². The molecule has 0 saturated heterocycles. The van der Waals surface area contributed by atoms with Crippen molar-refractivity contribution in [2.75, 3.05) is 11.4 Å². The molecule has 2 aliphatic rings. The van der Waals surface area contributed by atoms with E-state index in [1.165, 1.54) is 0 Å². The molecule has 1 aromatic carbocycles. The van der Waals surface area contributed by atoms with Gasteiger partial charge in [-0.1, -0.05) is 30.1 Å². The molecule has 1 saturated carbocycles. The van der Waals surface area contributed by atoms with Gasteiger partial charge in [0.05, 0.1) is 5.69 Å². The van der Waals surface area contributed by atoms with Crippen molar-refractivity contribution in [1.29, 1.82) is 0 Å². The molecule has 148 valence electrons. The van der Waals surface area contributed by atoms with E-state index in [0.717, 1.165) is 25.7 Å². The molecule has 1 unspecified atom stereocenters. The Morgan fingerprint density at radius 2 is 2.07 bits per heavy atom. The smallest absolute Gasteiger partial charge is 0.267 e. The third kappa shape index (κ3) is 3.34. The first kappa shape index (κ1) is 18.5. The summed E-state index contributed by atoms with van der Waals surface area (Å²) < 4.78 is 10.8. The number of carbonyl (C=O) groups excluding carboxylic acids is 2. The minimum absolute atomic E-state index is 0.131. The largest absolute Gasteiger partial charge is 0.479 e. The number of benzene rings is 1. The average molecular weight is 384 g/mol. The number of ether oxygens (including phenoxy) is 1. The lowest BCUT2D eigenvalue weighted by Crippen LogP contribution is -2.48. The number of para-hydroxylation sites is 2. The molecule has 8 heteroatoms. The third-order valence-corrected chi connectivity index (χ3v) is 5.43. The van der Waals surface area contributed by atoms with Gasteiger partial charge in [0.25, 0.3) is 5.91 Å². The van der Waals surface area contributed by atoms with E-state index in [9.17, 15) is 9.59 Å². The molecule has 2 heterocycles. The predicted molar refractivity (Wildman–Crippen MR) is 101 cm³/mol. The molecular weight excluding hydrogens is 360 g/mol. The van der Waals surface area contributed by atoms with Gasteiger partial charge in [0.2, 0.25) is 11.8 Å². The summed E-state index contributed by atoms with van der Waals surface area (Å²) >= 11 is 0. The van der Waals surface area contributed by atoms with Crippen LogP contribution in [0.4, 0.5) is 5.69 Å². The summed E-state index contributed by atoms with van der Waals surface area (Å²) in [7, 11) is 0. The molecule has 4 rings (SSSR count). The van der Waals surface area contributed by atoms with E-state index in [4.69, 9.17) is 9.26 Å². The van der Waals surface area contributed by atoms with Crippen molar-refractivity contribution in [1.82, 2.24) is 15.5 Å². The minimum atomic E-state index is -0.574. The Hall–Kier alpha value is -2.90. The zero-order valence-corrected chi connectivity index (χ0v) is 16.1. The number of carbonyl (C=O) groups is 2. The minimum Gasteiger partial charge on any atom is -0.479 e. The van der Waals surface area contributed by atoms with Gasteiger partial charge in [0.1, 0.15) is 11.3 Å². The van der Waals surface area contributed by atoms with E-state index >= 15 is 0 Å². The molecule has 1 aliphatic carbocycles. The summed E-state index contributed by atoms with van der Waals surface area (Å²) in [6, 6.07) is 7.38. The van der Waals surface area contributed by atoms with E-state index in [-0.39, 0.29) is 24.8 Å². The van der Waals surface area contributed by atoms with Gasteiger partial charge in [0, 0.05) is 19.9 Å². The van der Waals surface area contributed by atoms with Crippen molar-refractivity contribution >= 4 is 17.5 Å². The fourth-order valence-corrected chi connectivity index (χ4v) is 4.01. The zero-order valence-electron chi connectivity index (χ0n) is 16.1. The highest BCUT2D eigenvalue weighted by Crippen LogP contribution is 2.37. The van der Waals surface area contributed by atoms with Gasteiger partial charge >= 0.3 is 0 Å². The Bertz CT molecular complexity index is 888. The Kier molecular flexibility index (Phi) is 4.78. The predicted octanol–water partition coefficient (Wildman–Crippen LogP) is 2.47. The monoisotopic (exact) mass is 384 g/mol. The number of hydrogen-bond donors (Lipinski definition) is 1. The molecule has 2 amide bonds. The molecule has 2 aromatic rings. The van der Waals surface area contributed by atoms with Crippen LogP contribution in [0.1, 0.15) is 50.7 Å². The summed E-state index contributed by atoms with van der Waals surface area (Å²) in [6.07, 6.45) is 3.19. The molecule has 0 spiro atoms. The normalized spacial score (nSPS) is 20.6. The average Bonchev–Trinajstić information content (AvgIpc) is 3.32. The van der Waals surface area contributed by atoms with Crippen LogP contribution in [-0.2, 0) is 15.1 Å². The summed E-state index contributed by atoms with van der Waals surface area (Å²) in [5, 5.41) is 7.16. The van der Waals surface area contributed by atoms with Gasteiger partial charge in [0.15, 0.2) is 11.9 Å². The van der Waals surface area contributed by atoms with Crippen molar-refractivity contribution < 1.29 is 18.8 Å².